The molecule has 0 radical (unpaired) electrons. The van der Waals surface area contributed by atoms with E-state index in [4.69, 9.17) is 11.6 Å². The first-order chi connectivity index (χ1) is 11.2. The minimum atomic E-state index is -3.32. The van der Waals surface area contributed by atoms with E-state index in [0.717, 1.165) is 6.26 Å². The van der Waals surface area contributed by atoms with Crippen LogP contribution in [0.4, 0.5) is 11.4 Å². The number of hydrogen-bond acceptors (Lipinski definition) is 4. The monoisotopic (exact) mass is 373 g/mol. The summed E-state index contributed by atoms with van der Waals surface area (Å²) in [7, 11) is -3.32. The third-order valence-electron chi connectivity index (χ3n) is 3.77. The molecule has 7 nitrogen and oxygen atoms in total. The summed E-state index contributed by atoms with van der Waals surface area (Å²) in [6, 6.07) is 4.75. The molecule has 0 saturated carbocycles. The average Bonchev–Trinajstić information content (AvgIpc) is 2.49. The zero-order valence-electron chi connectivity index (χ0n) is 13.5. The van der Waals surface area contributed by atoms with E-state index in [1.807, 2.05) is 0 Å². The van der Waals surface area contributed by atoms with Crippen LogP contribution in [-0.2, 0) is 19.6 Å². The van der Waals surface area contributed by atoms with Crippen molar-refractivity contribution in [2.45, 2.75) is 19.8 Å². The van der Waals surface area contributed by atoms with Gasteiger partial charge in [-0.3, -0.25) is 9.59 Å². The maximum absolute atomic E-state index is 12.5. The number of rotatable bonds is 4. The quantitative estimate of drug-likeness (QED) is 0.842. The van der Waals surface area contributed by atoms with Gasteiger partial charge >= 0.3 is 0 Å². The van der Waals surface area contributed by atoms with Crippen molar-refractivity contribution in [1.29, 1.82) is 0 Å². The number of carbonyl (C=O) groups excluding carboxylic acids is 2. The summed E-state index contributed by atoms with van der Waals surface area (Å²) in [4.78, 5) is 23.8. The van der Waals surface area contributed by atoms with Crippen LogP contribution in [0.25, 0.3) is 0 Å². The number of nitrogens with zero attached hydrogens (tertiary/aromatic N) is 1. The fourth-order valence-corrected chi connectivity index (χ4v) is 3.69. The van der Waals surface area contributed by atoms with Gasteiger partial charge in [-0.25, -0.2) is 12.7 Å². The molecule has 1 fully saturated rings. The van der Waals surface area contributed by atoms with Crippen molar-refractivity contribution in [3.05, 3.63) is 23.2 Å². The second-order valence-corrected chi connectivity index (χ2v) is 8.24. The standard InChI is InChI=1S/C15H20ClN3O4S/c1-10(20)17-13-6-5-12(16)8-14(13)18-15(21)11-4-3-7-19(9-11)24(2,22)23/h5-6,8,11H,3-4,7,9H2,1-2H3,(H,17,20)(H,18,21)/t11-/m0/s1. The van der Waals surface area contributed by atoms with Crippen molar-refractivity contribution >= 4 is 44.8 Å². The third kappa shape index (κ3) is 4.93. The predicted octanol–water partition coefficient (Wildman–Crippen LogP) is 1.91. The van der Waals surface area contributed by atoms with Crippen LogP contribution in [0.3, 0.4) is 0 Å². The first kappa shape index (κ1) is 18.7. The Kier molecular flexibility index (Phi) is 5.84. The number of benzene rings is 1. The lowest BCUT2D eigenvalue weighted by Crippen LogP contribution is -2.43. The average molecular weight is 374 g/mol. The predicted molar refractivity (Wildman–Crippen MR) is 93.5 cm³/mol. The fourth-order valence-electron chi connectivity index (χ4n) is 2.61. The minimum Gasteiger partial charge on any atom is -0.325 e. The molecular formula is C15H20ClN3O4S. The van der Waals surface area contributed by atoms with Gasteiger partial charge in [-0.15, -0.1) is 0 Å². The Bertz CT molecular complexity index is 751. The Balaban J connectivity index is 2.14. The lowest BCUT2D eigenvalue weighted by atomic mass is 9.98. The van der Waals surface area contributed by atoms with Gasteiger partial charge in [-0.2, -0.15) is 0 Å². The SMILES string of the molecule is CC(=O)Nc1ccc(Cl)cc1NC(=O)[C@H]1CCCN(S(C)(=O)=O)C1. The maximum atomic E-state index is 12.5. The van der Waals surface area contributed by atoms with Gasteiger partial charge in [0, 0.05) is 25.0 Å². The molecule has 1 saturated heterocycles. The van der Waals surface area contributed by atoms with E-state index in [9.17, 15) is 18.0 Å². The van der Waals surface area contributed by atoms with E-state index in [1.165, 1.54) is 11.2 Å². The summed E-state index contributed by atoms with van der Waals surface area (Å²) < 4.78 is 24.6. The molecule has 1 aliphatic rings. The summed E-state index contributed by atoms with van der Waals surface area (Å²) in [6.45, 7) is 1.95. The number of halogens is 1. The van der Waals surface area contributed by atoms with Crippen molar-refractivity contribution in [3.63, 3.8) is 0 Å². The Morgan fingerprint density at radius 2 is 1.96 bits per heavy atom. The maximum Gasteiger partial charge on any atom is 0.228 e. The Hall–Kier alpha value is -1.64. The summed E-state index contributed by atoms with van der Waals surface area (Å²) >= 11 is 5.95. The summed E-state index contributed by atoms with van der Waals surface area (Å²) in [5.74, 6) is -1.01. The van der Waals surface area contributed by atoms with Gasteiger partial charge in [0.25, 0.3) is 0 Å². The van der Waals surface area contributed by atoms with Gasteiger partial charge in [0.2, 0.25) is 21.8 Å². The molecule has 0 unspecified atom stereocenters. The first-order valence-electron chi connectivity index (χ1n) is 7.50. The Morgan fingerprint density at radius 1 is 1.25 bits per heavy atom. The highest BCUT2D eigenvalue weighted by molar-refractivity contribution is 7.88. The van der Waals surface area contributed by atoms with E-state index in [0.29, 0.717) is 35.8 Å². The molecule has 24 heavy (non-hydrogen) atoms. The fraction of sp³-hybridized carbons (Fsp3) is 0.467. The van der Waals surface area contributed by atoms with Crippen molar-refractivity contribution in [2.24, 2.45) is 5.92 Å². The van der Waals surface area contributed by atoms with Crippen LogP contribution in [-0.4, -0.2) is 43.9 Å². The van der Waals surface area contributed by atoms with E-state index in [-0.39, 0.29) is 18.4 Å². The number of piperidine rings is 1. The highest BCUT2D eigenvalue weighted by Gasteiger charge is 2.30. The number of anilines is 2. The van der Waals surface area contributed by atoms with Gasteiger partial charge in [-0.05, 0) is 31.0 Å². The number of carbonyl (C=O) groups is 2. The van der Waals surface area contributed by atoms with Crippen LogP contribution in [0.15, 0.2) is 18.2 Å². The van der Waals surface area contributed by atoms with Gasteiger partial charge in [0.1, 0.15) is 0 Å². The molecule has 1 heterocycles. The molecule has 2 N–H and O–H groups in total. The molecule has 1 atom stereocenters. The molecular weight excluding hydrogens is 354 g/mol. The largest absolute Gasteiger partial charge is 0.325 e. The molecule has 2 rings (SSSR count). The van der Waals surface area contributed by atoms with Crippen LogP contribution in [0.2, 0.25) is 5.02 Å². The summed E-state index contributed by atoms with van der Waals surface area (Å²) in [5, 5.41) is 5.78. The number of amides is 2. The summed E-state index contributed by atoms with van der Waals surface area (Å²) in [6.07, 6.45) is 2.37. The van der Waals surface area contributed by atoms with E-state index >= 15 is 0 Å². The number of nitrogens with one attached hydrogen (secondary N) is 2. The molecule has 132 valence electrons. The molecule has 0 aliphatic carbocycles. The first-order valence-corrected chi connectivity index (χ1v) is 9.72. The minimum absolute atomic E-state index is 0.153. The van der Waals surface area contributed by atoms with Crippen LogP contribution >= 0.6 is 11.6 Å². The highest BCUT2D eigenvalue weighted by atomic mass is 35.5. The van der Waals surface area contributed by atoms with Crippen molar-refractivity contribution in [3.8, 4) is 0 Å². The molecule has 0 spiro atoms. The zero-order chi connectivity index (χ0) is 17.9. The van der Waals surface area contributed by atoms with Crippen LogP contribution in [0.5, 0.6) is 0 Å². The van der Waals surface area contributed by atoms with Crippen LogP contribution < -0.4 is 10.6 Å². The molecule has 0 bridgehead atoms. The van der Waals surface area contributed by atoms with E-state index in [2.05, 4.69) is 10.6 Å². The Labute approximate surface area is 146 Å². The smallest absolute Gasteiger partial charge is 0.228 e. The van der Waals surface area contributed by atoms with E-state index in [1.54, 1.807) is 18.2 Å². The lowest BCUT2D eigenvalue weighted by molar-refractivity contribution is -0.121. The van der Waals surface area contributed by atoms with E-state index < -0.39 is 15.9 Å². The highest BCUT2D eigenvalue weighted by Crippen LogP contribution is 2.27. The van der Waals surface area contributed by atoms with Crippen molar-refractivity contribution in [2.75, 3.05) is 30.0 Å². The second-order valence-electron chi connectivity index (χ2n) is 5.82. The Morgan fingerprint density at radius 3 is 2.58 bits per heavy atom. The molecule has 1 aromatic carbocycles. The number of sulfonamides is 1. The number of hydrogen-bond donors (Lipinski definition) is 2. The lowest BCUT2D eigenvalue weighted by Gasteiger charge is -2.30. The molecule has 2 amide bonds. The normalized spacial score (nSPS) is 18.9. The van der Waals surface area contributed by atoms with Crippen molar-refractivity contribution in [1.82, 2.24) is 4.31 Å². The van der Waals surface area contributed by atoms with Gasteiger partial charge < -0.3 is 10.6 Å². The molecule has 1 aromatic rings. The molecule has 9 heteroatoms. The molecule has 0 aromatic heterocycles. The van der Waals surface area contributed by atoms with Gasteiger partial charge in [0.15, 0.2) is 0 Å². The topological polar surface area (TPSA) is 95.6 Å². The second kappa shape index (κ2) is 7.50. The molecule has 1 aliphatic heterocycles. The van der Waals surface area contributed by atoms with Gasteiger partial charge in [-0.1, -0.05) is 11.6 Å². The van der Waals surface area contributed by atoms with Crippen molar-refractivity contribution < 1.29 is 18.0 Å². The third-order valence-corrected chi connectivity index (χ3v) is 5.28. The summed E-state index contributed by atoms with van der Waals surface area (Å²) in [5.41, 5.74) is 0.829. The van der Waals surface area contributed by atoms with Gasteiger partial charge in [0.05, 0.1) is 23.5 Å². The zero-order valence-corrected chi connectivity index (χ0v) is 15.1. The van der Waals surface area contributed by atoms with Crippen LogP contribution in [0, 0.1) is 5.92 Å². The van der Waals surface area contributed by atoms with Crippen LogP contribution in [0.1, 0.15) is 19.8 Å².